The summed E-state index contributed by atoms with van der Waals surface area (Å²) in [5.41, 5.74) is 0. The lowest BCUT2D eigenvalue weighted by atomic mass is 10.6. The Labute approximate surface area is 118 Å². The first-order valence-corrected chi connectivity index (χ1v) is 6.58. The van der Waals surface area contributed by atoms with E-state index in [1.807, 2.05) is 0 Å². The molecule has 0 aliphatic heterocycles. The molecule has 0 radical (unpaired) electrons. The number of hydrogen-bond donors (Lipinski definition) is 2. The molecule has 0 fully saturated rings. The van der Waals surface area contributed by atoms with Crippen molar-refractivity contribution in [1.29, 1.82) is 0 Å². The van der Waals surface area contributed by atoms with Crippen LogP contribution in [0, 0.1) is 0 Å². The van der Waals surface area contributed by atoms with Crippen molar-refractivity contribution in [1.82, 2.24) is 20.0 Å². The van der Waals surface area contributed by atoms with Crippen LogP contribution in [-0.4, -0.2) is 38.6 Å². The molecule has 0 bridgehead atoms. The van der Waals surface area contributed by atoms with Crippen LogP contribution < -0.4 is 10.6 Å². The van der Waals surface area contributed by atoms with Gasteiger partial charge in [-0.25, -0.2) is 9.78 Å². The van der Waals surface area contributed by atoms with Crippen molar-refractivity contribution in [2.75, 3.05) is 17.2 Å². The van der Waals surface area contributed by atoms with Crippen molar-refractivity contribution >= 4 is 34.3 Å². The predicted molar refractivity (Wildman–Crippen MR) is 71.4 cm³/mol. The lowest BCUT2D eigenvalue weighted by molar-refractivity contribution is -0.117. The molecule has 2 N–H and O–H groups in total. The molecule has 0 atom stereocenters. The van der Waals surface area contributed by atoms with Gasteiger partial charge in [-0.1, -0.05) is 0 Å². The quantitative estimate of drug-likeness (QED) is 0.849. The standard InChI is InChI=1S/C10H12N6O3S/c1-2-19-10(18)13-7-5-12-16(15-7)6-8(17)14-9-11-3-4-20-9/h3-5H,2,6H2,1H3,(H,11,14,17)(H,13,15,18). The van der Waals surface area contributed by atoms with Crippen LogP contribution in [0.3, 0.4) is 0 Å². The largest absolute Gasteiger partial charge is 0.450 e. The highest BCUT2D eigenvalue weighted by Crippen LogP contribution is 2.10. The van der Waals surface area contributed by atoms with Gasteiger partial charge in [0.25, 0.3) is 0 Å². The summed E-state index contributed by atoms with van der Waals surface area (Å²) in [6.07, 6.45) is 2.30. The monoisotopic (exact) mass is 296 g/mol. The second-order valence-corrected chi connectivity index (χ2v) is 4.39. The molecule has 0 unspecified atom stereocenters. The third kappa shape index (κ3) is 4.02. The van der Waals surface area contributed by atoms with Gasteiger partial charge in [0.1, 0.15) is 6.54 Å². The molecule has 2 rings (SSSR count). The minimum absolute atomic E-state index is 0.0793. The summed E-state index contributed by atoms with van der Waals surface area (Å²) in [5.74, 6) is -0.0938. The molecule has 2 amide bonds. The van der Waals surface area contributed by atoms with Crippen LogP contribution in [-0.2, 0) is 16.1 Å². The number of nitrogens with one attached hydrogen (secondary N) is 2. The maximum Gasteiger partial charge on any atom is 0.412 e. The van der Waals surface area contributed by atoms with Crippen LogP contribution in [0.4, 0.5) is 15.7 Å². The van der Waals surface area contributed by atoms with Gasteiger partial charge >= 0.3 is 6.09 Å². The Kier molecular flexibility index (Phi) is 4.60. The molecular formula is C10H12N6O3S. The van der Waals surface area contributed by atoms with Gasteiger partial charge in [-0.05, 0) is 6.92 Å². The number of carbonyl (C=O) groups is 2. The first-order chi connectivity index (χ1) is 9.67. The Hall–Kier alpha value is -2.49. The number of aromatic nitrogens is 4. The Morgan fingerprint density at radius 3 is 3.00 bits per heavy atom. The zero-order chi connectivity index (χ0) is 14.4. The third-order valence-corrected chi connectivity index (χ3v) is 2.69. The van der Waals surface area contributed by atoms with E-state index in [1.165, 1.54) is 17.5 Å². The van der Waals surface area contributed by atoms with Gasteiger partial charge in [-0.2, -0.15) is 9.90 Å². The number of ether oxygens (including phenoxy) is 1. The topological polar surface area (TPSA) is 111 Å². The lowest BCUT2D eigenvalue weighted by Crippen LogP contribution is -2.20. The highest BCUT2D eigenvalue weighted by molar-refractivity contribution is 7.13. The summed E-state index contributed by atoms with van der Waals surface area (Å²) in [4.78, 5) is 27.9. The van der Waals surface area contributed by atoms with Crippen LogP contribution in [0.25, 0.3) is 0 Å². The first kappa shape index (κ1) is 13.9. The van der Waals surface area contributed by atoms with Crippen molar-refractivity contribution < 1.29 is 14.3 Å². The fourth-order valence-corrected chi connectivity index (χ4v) is 1.82. The van der Waals surface area contributed by atoms with Gasteiger partial charge in [0, 0.05) is 11.6 Å². The smallest absolute Gasteiger partial charge is 0.412 e. The van der Waals surface area contributed by atoms with Crippen molar-refractivity contribution in [3.63, 3.8) is 0 Å². The molecule has 0 aliphatic rings. The van der Waals surface area contributed by atoms with Crippen molar-refractivity contribution in [3.8, 4) is 0 Å². The SMILES string of the molecule is CCOC(=O)Nc1cnn(CC(=O)Nc2nccs2)n1. The van der Waals surface area contributed by atoms with Gasteiger partial charge in [-0.3, -0.25) is 10.1 Å². The van der Waals surface area contributed by atoms with E-state index in [0.717, 1.165) is 4.80 Å². The number of thiazole rings is 1. The van der Waals surface area contributed by atoms with E-state index in [1.54, 1.807) is 18.5 Å². The summed E-state index contributed by atoms with van der Waals surface area (Å²) in [5, 5.41) is 15.0. The van der Waals surface area contributed by atoms with E-state index >= 15 is 0 Å². The number of amides is 2. The second-order valence-electron chi connectivity index (χ2n) is 3.49. The Bertz CT molecular complexity index is 582. The number of carbonyl (C=O) groups excluding carboxylic acids is 2. The molecule has 20 heavy (non-hydrogen) atoms. The zero-order valence-electron chi connectivity index (χ0n) is 10.6. The Balaban J connectivity index is 1.86. The van der Waals surface area contributed by atoms with E-state index in [2.05, 4.69) is 25.8 Å². The van der Waals surface area contributed by atoms with E-state index in [4.69, 9.17) is 4.74 Å². The summed E-state index contributed by atoms with van der Waals surface area (Å²) in [6.45, 7) is 1.87. The fourth-order valence-electron chi connectivity index (χ4n) is 1.27. The zero-order valence-corrected chi connectivity index (χ0v) is 11.4. The molecule has 10 heteroatoms. The third-order valence-electron chi connectivity index (χ3n) is 2.01. The van der Waals surface area contributed by atoms with E-state index in [0.29, 0.717) is 5.13 Å². The van der Waals surface area contributed by atoms with Crippen molar-refractivity contribution in [3.05, 3.63) is 17.8 Å². The van der Waals surface area contributed by atoms with Crippen LogP contribution in [0.1, 0.15) is 6.92 Å². The van der Waals surface area contributed by atoms with Gasteiger partial charge in [0.05, 0.1) is 12.8 Å². The minimum Gasteiger partial charge on any atom is -0.450 e. The van der Waals surface area contributed by atoms with Gasteiger partial charge in [-0.15, -0.1) is 16.4 Å². The maximum absolute atomic E-state index is 11.7. The van der Waals surface area contributed by atoms with Crippen molar-refractivity contribution in [2.45, 2.75) is 13.5 Å². The molecule has 2 aromatic heterocycles. The van der Waals surface area contributed by atoms with E-state index < -0.39 is 6.09 Å². The number of nitrogens with zero attached hydrogens (tertiary/aromatic N) is 4. The van der Waals surface area contributed by atoms with Crippen LogP contribution in [0.15, 0.2) is 17.8 Å². The van der Waals surface area contributed by atoms with Crippen LogP contribution >= 0.6 is 11.3 Å². The number of rotatable bonds is 5. The molecule has 0 spiro atoms. The van der Waals surface area contributed by atoms with Crippen LogP contribution in [0.5, 0.6) is 0 Å². The average Bonchev–Trinajstić information content (AvgIpc) is 3.02. The maximum atomic E-state index is 11.7. The summed E-state index contributed by atoms with van der Waals surface area (Å²) in [6, 6.07) is 0. The Morgan fingerprint density at radius 1 is 1.45 bits per heavy atom. The minimum atomic E-state index is -0.619. The normalized spacial score (nSPS) is 10.1. The second kappa shape index (κ2) is 6.61. The van der Waals surface area contributed by atoms with Gasteiger partial charge < -0.3 is 10.1 Å². The highest BCUT2D eigenvalue weighted by Gasteiger charge is 2.09. The fraction of sp³-hybridized carbons (Fsp3) is 0.300. The summed E-state index contributed by atoms with van der Waals surface area (Å²) in [7, 11) is 0. The molecule has 106 valence electrons. The summed E-state index contributed by atoms with van der Waals surface area (Å²) < 4.78 is 4.69. The predicted octanol–water partition coefficient (Wildman–Crippen LogP) is 0.942. The molecule has 0 saturated carbocycles. The van der Waals surface area contributed by atoms with Crippen LogP contribution in [0.2, 0.25) is 0 Å². The average molecular weight is 296 g/mol. The van der Waals surface area contributed by atoms with E-state index in [-0.39, 0.29) is 24.9 Å². The lowest BCUT2D eigenvalue weighted by Gasteiger charge is -2.01. The first-order valence-electron chi connectivity index (χ1n) is 5.70. The molecule has 2 heterocycles. The Morgan fingerprint density at radius 2 is 2.30 bits per heavy atom. The molecule has 0 aromatic carbocycles. The van der Waals surface area contributed by atoms with Crippen molar-refractivity contribution in [2.24, 2.45) is 0 Å². The molecule has 2 aromatic rings. The molecule has 0 saturated heterocycles. The number of hydrogen-bond acceptors (Lipinski definition) is 7. The highest BCUT2D eigenvalue weighted by atomic mass is 32.1. The van der Waals surface area contributed by atoms with E-state index in [9.17, 15) is 9.59 Å². The number of anilines is 2. The van der Waals surface area contributed by atoms with Gasteiger partial charge in [0.15, 0.2) is 10.9 Å². The summed E-state index contributed by atoms with van der Waals surface area (Å²) >= 11 is 1.31. The molecule has 9 nitrogen and oxygen atoms in total. The molecular weight excluding hydrogens is 284 g/mol. The van der Waals surface area contributed by atoms with Gasteiger partial charge in [0.2, 0.25) is 5.91 Å². The molecule has 0 aliphatic carbocycles.